The van der Waals surface area contributed by atoms with Crippen LogP contribution in [0.4, 0.5) is 4.79 Å². The second kappa shape index (κ2) is 8.61. The summed E-state index contributed by atoms with van der Waals surface area (Å²) < 4.78 is 0. The molecule has 0 aliphatic carbocycles. The molecular formula is C22H23N5O6. The number of nitrogen functional groups attached to an aromatic ring is 1. The predicted molar refractivity (Wildman–Crippen MR) is 116 cm³/mol. The maximum absolute atomic E-state index is 13.5. The van der Waals surface area contributed by atoms with Crippen LogP contribution >= 0.6 is 0 Å². The summed E-state index contributed by atoms with van der Waals surface area (Å²) in [6.07, 6.45) is -0.592. The SMILES string of the molecule is CC(=O)N(C(CC(=O)O)c1ccc(O)cc1)N1C(=O)NC(C)(c2ccc(C(=N)N)cc2)C1=O. The van der Waals surface area contributed by atoms with Crippen LogP contribution in [0.1, 0.15) is 43.0 Å². The Hall–Kier alpha value is -4.41. The first kappa shape index (κ1) is 23.3. The van der Waals surface area contributed by atoms with Crippen LogP contribution in [-0.2, 0) is 19.9 Å². The number of hydrogen-bond acceptors (Lipinski definition) is 6. The Morgan fingerprint density at radius 1 is 1.15 bits per heavy atom. The van der Waals surface area contributed by atoms with Gasteiger partial charge >= 0.3 is 12.0 Å². The number of aliphatic carboxylic acids is 1. The maximum Gasteiger partial charge on any atom is 0.344 e. The average Bonchev–Trinajstić information content (AvgIpc) is 2.97. The minimum atomic E-state index is -1.55. The van der Waals surface area contributed by atoms with E-state index in [9.17, 15) is 29.4 Å². The zero-order chi connectivity index (χ0) is 24.5. The number of urea groups is 1. The first-order valence-corrected chi connectivity index (χ1v) is 9.87. The molecule has 0 bridgehead atoms. The zero-order valence-electron chi connectivity index (χ0n) is 17.9. The molecule has 1 aliphatic rings. The maximum atomic E-state index is 13.5. The number of carboxylic acids is 1. The highest BCUT2D eigenvalue weighted by Gasteiger charge is 2.53. The van der Waals surface area contributed by atoms with Crippen LogP contribution in [0.15, 0.2) is 48.5 Å². The summed E-state index contributed by atoms with van der Waals surface area (Å²) in [5, 5.41) is 30.5. The summed E-state index contributed by atoms with van der Waals surface area (Å²) in [6.45, 7) is 2.58. The van der Waals surface area contributed by atoms with E-state index < -0.39 is 41.8 Å². The van der Waals surface area contributed by atoms with Crippen molar-refractivity contribution >= 4 is 29.7 Å². The Labute approximate surface area is 188 Å². The lowest BCUT2D eigenvalue weighted by atomic mass is 9.91. The summed E-state index contributed by atoms with van der Waals surface area (Å²) >= 11 is 0. The van der Waals surface area contributed by atoms with Gasteiger partial charge in [0.2, 0.25) is 5.91 Å². The first-order valence-electron chi connectivity index (χ1n) is 9.87. The van der Waals surface area contributed by atoms with E-state index >= 15 is 0 Å². The monoisotopic (exact) mass is 453 g/mol. The molecule has 172 valence electrons. The highest BCUT2D eigenvalue weighted by atomic mass is 16.4. The summed E-state index contributed by atoms with van der Waals surface area (Å²) in [5.74, 6) is -3.00. The van der Waals surface area contributed by atoms with E-state index in [0.717, 1.165) is 11.9 Å². The van der Waals surface area contributed by atoms with Gasteiger partial charge in [-0.2, -0.15) is 5.01 Å². The number of phenolic OH excluding ortho intramolecular Hbond substituents is 1. The van der Waals surface area contributed by atoms with Crippen molar-refractivity contribution < 1.29 is 29.4 Å². The Kier molecular flexibility index (Phi) is 6.07. The van der Waals surface area contributed by atoms with Gasteiger partial charge in [0.25, 0.3) is 5.91 Å². The van der Waals surface area contributed by atoms with Crippen LogP contribution in [-0.4, -0.2) is 49.9 Å². The second-order valence-corrected chi connectivity index (χ2v) is 7.73. The number of aromatic hydroxyl groups is 1. The fourth-order valence-electron chi connectivity index (χ4n) is 3.71. The van der Waals surface area contributed by atoms with Gasteiger partial charge in [-0.1, -0.05) is 36.4 Å². The molecule has 1 fully saturated rings. The molecule has 0 aromatic heterocycles. The number of nitrogens with two attached hydrogens (primary N) is 1. The highest BCUT2D eigenvalue weighted by Crippen LogP contribution is 2.35. The van der Waals surface area contributed by atoms with Gasteiger partial charge in [-0.25, -0.2) is 9.80 Å². The third kappa shape index (κ3) is 4.33. The van der Waals surface area contributed by atoms with Crippen molar-refractivity contribution in [2.45, 2.75) is 31.8 Å². The number of hydrazine groups is 1. The molecule has 33 heavy (non-hydrogen) atoms. The molecule has 1 saturated heterocycles. The number of hydrogen-bond donors (Lipinski definition) is 5. The molecule has 0 radical (unpaired) electrons. The van der Waals surface area contributed by atoms with Crippen LogP contribution in [0.3, 0.4) is 0 Å². The lowest BCUT2D eigenvalue weighted by Gasteiger charge is -2.35. The van der Waals surface area contributed by atoms with Crippen LogP contribution in [0.25, 0.3) is 0 Å². The number of phenols is 1. The number of benzene rings is 2. The first-order chi connectivity index (χ1) is 15.5. The number of nitrogens with one attached hydrogen (secondary N) is 2. The Morgan fingerprint density at radius 2 is 1.73 bits per heavy atom. The quantitative estimate of drug-likeness (QED) is 0.239. The molecule has 0 spiro atoms. The van der Waals surface area contributed by atoms with Gasteiger partial charge in [-0.3, -0.25) is 19.8 Å². The van der Waals surface area contributed by atoms with E-state index in [2.05, 4.69) is 5.32 Å². The molecule has 2 atom stereocenters. The molecular weight excluding hydrogens is 430 g/mol. The van der Waals surface area contributed by atoms with Gasteiger partial charge in [0.1, 0.15) is 17.1 Å². The molecule has 4 amide bonds. The molecule has 6 N–H and O–H groups in total. The smallest absolute Gasteiger partial charge is 0.344 e. The number of amidine groups is 1. The molecule has 11 heteroatoms. The lowest BCUT2D eigenvalue weighted by molar-refractivity contribution is -0.162. The Morgan fingerprint density at radius 3 is 2.21 bits per heavy atom. The Bertz CT molecular complexity index is 1130. The molecule has 3 rings (SSSR count). The largest absolute Gasteiger partial charge is 0.508 e. The molecule has 0 saturated carbocycles. The van der Waals surface area contributed by atoms with Crippen LogP contribution in [0, 0.1) is 5.41 Å². The van der Waals surface area contributed by atoms with E-state index in [1.807, 2.05) is 0 Å². The van der Waals surface area contributed by atoms with Gasteiger partial charge in [0, 0.05) is 12.5 Å². The van der Waals surface area contributed by atoms with Gasteiger partial charge in [-0.05, 0) is 30.2 Å². The highest BCUT2D eigenvalue weighted by molar-refractivity contribution is 6.08. The fraction of sp³-hybridized carbons (Fsp3) is 0.227. The van der Waals surface area contributed by atoms with Crippen LogP contribution < -0.4 is 11.1 Å². The third-order valence-corrected chi connectivity index (χ3v) is 5.42. The van der Waals surface area contributed by atoms with Crippen molar-refractivity contribution in [2.75, 3.05) is 0 Å². The molecule has 11 nitrogen and oxygen atoms in total. The topological polar surface area (TPSA) is 177 Å². The van der Waals surface area contributed by atoms with E-state index in [4.69, 9.17) is 11.1 Å². The third-order valence-electron chi connectivity index (χ3n) is 5.42. The standard InChI is InChI=1S/C22H23N5O6/c1-12(28)26(17(11-18(30)31)13-5-9-16(29)10-6-13)27-20(32)22(2,25-21(27)33)15-7-3-14(4-8-15)19(23)24/h3-10,17,29H,11H2,1-2H3,(H3,23,24)(H,25,33)(H,30,31). The number of carbonyl (C=O) groups is 4. The normalized spacial score (nSPS) is 18.5. The number of carboxylic acid groups (broad SMARTS) is 1. The summed E-state index contributed by atoms with van der Waals surface area (Å²) in [4.78, 5) is 50.6. The van der Waals surface area contributed by atoms with Crippen molar-refractivity contribution in [1.29, 1.82) is 5.41 Å². The number of nitrogens with zero attached hydrogens (tertiary/aromatic N) is 2. The minimum Gasteiger partial charge on any atom is -0.508 e. The van der Waals surface area contributed by atoms with Gasteiger partial charge < -0.3 is 21.3 Å². The van der Waals surface area contributed by atoms with Crippen molar-refractivity contribution in [2.24, 2.45) is 5.73 Å². The van der Waals surface area contributed by atoms with E-state index in [1.165, 1.54) is 55.5 Å². The van der Waals surface area contributed by atoms with E-state index in [1.54, 1.807) is 0 Å². The lowest BCUT2D eigenvalue weighted by Crippen LogP contribution is -2.52. The van der Waals surface area contributed by atoms with Crippen LogP contribution in [0.2, 0.25) is 0 Å². The summed E-state index contributed by atoms with van der Waals surface area (Å²) in [5.41, 5.74) is 5.03. The molecule has 2 aromatic carbocycles. The minimum absolute atomic E-state index is 0.0706. The van der Waals surface area contributed by atoms with Crippen LogP contribution in [0.5, 0.6) is 5.75 Å². The second-order valence-electron chi connectivity index (χ2n) is 7.73. The molecule has 1 heterocycles. The van der Waals surface area contributed by atoms with Crippen molar-refractivity contribution in [1.82, 2.24) is 15.3 Å². The van der Waals surface area contributed by atoms with Gasteiger partial charge in [0.15, 0.2) is 0 Å². The van der Waals surface area contributed by atoms with Gasteiger partial charge in [0.05, 0.1) is 12.5 Å². The van der Waals surface area contributed by atoms with Crippen molar-refractivity contribution in [3.05, 3.63) is 65.2 Å². The van der Waals surface area contributed by atoms with Crippen molar-refractivity contribution in [3.8, 4) is 5.75 Å². The van der Waals surface area contributed by atoms with Crippen molar-refractivity contribution in [3.63, 3.8) is 0 Å². The summed E-state index contributed by atoms with van der Waals surface area (Å²) in [6, 6.07) is 9.48. The summed E-state index contributed by atoms with van der Waals surface area (Å²) in [7, 11) is 0. The number of carbonyl (C=O) groups excluding carboxylic acids is 3. The number of imide groups is 1. The Balaban J connectivity index is 2.04. The van der Waals surface area contributed by atoms with Gasteiger partial charge in [-0.15, -0.1) is 0 Å². The predicted octanol–water partition coefficient (Wildman–Crippen LogP) is 1.42. The van der Waals surface area contributed by atoms with E-state index in [-0.39, 0.29) is 11.6 Å². The molecule has 2 aromatic rings. The number of rotatable bonds is 7. The average molecular weight is 453 g/mol. The zero-order valence-corrected chi connectivity index (χ0v) is 17.9. The fourth-order valence-corrected chi connectivity index (χ4v) is 3.71. The molecule has 2 unspecified atom stereocenters. The number of amides is 4. The van der Waals surface area contributed by atoms with E-state index in [0.29, 0.717) is 21.7 Å². The molecule has 1 aliphatic heterocycles.